The van der Waals surface area contributed by atoms with E-state index in [1.165, 1.54) is 17.7 Å². The zero-order valence-electron chi connectivity index (χ0n) is 13.8. The molecule has 0 aliphatic carbocycles. The summed E-state index contributed by atoms with van der Waals surface area (Å²) in [5, 5.41) is 0.718. The molecular formula is C21H19BrFN. The molecule has 1 aromatic heterocycles. The van der Waals surface area contributed by atoms with E-state index in [4.69, 9.17) is 4.98 Å². The van der Waals surface area contributed by atoms with Gasteiger partial charge in [-0.1, -0.05) is 60.1 Å². The summed E-state index contributed by atoms with van der Waals surface area (Å²) >= 11 is 3.61. The Bertz CT molecular complexity index is 826. The molecule has 3 rings (SSSR count). The Morgan fingerprint density at radius 2 is 1.62 bits per heavy atom. The lowest BCUT2D eigenvalue weighted by Gasteiger charge is -2.18. The van der Waals surface area contributed by atoms with Gasteiger partial charge in [0.1, 0.15) is 5.82 Å². The molecule has 0 N–H and O–H groups in total. The Hall–Kier alpha value is -2.00. The first-order valence-corrected chi connectivity index (χ1v) is 9.13. The van der Waals surface area contributed by atoms with Crippen molar-refractivity contribution in [3.8, 4) is 22.5 Å². The van der Waals surface area contributed by atoms with Crippen LogP contribution in [0.15, 0.2) is 60.7 Å². The standard InChI is InChI=1S/C21H19BrFN/c1-14(2)18-12-20(15-6-4-3-5-7-15)24-21(19(18)13-22)16-8-10-17(23)11-9-16/h3-12,14H,13H2,1-2H3. The Morgan fingerprint density at radius 3 is 2.21 bits per heavy atom. The molecule has 3 heteroatoms. The lowest BCUT2D eigenvalue weighted by Crippen LogP contribution is -2.02. The minimum absolute atomic E-state index is 0.234. The van der Waals surface area contributed by atoms with Crippen molar-refractivity contribution in [1.29, 1.82) is 0 Å². The SMILES string of the molecule is CC(C)c1cc(-c2ccccc2)nc(-c2ccc(F)cc2)c1CBr. The lowest BCUT2D eigenvalue weighted by atomic mass is 9.93. The number of hydrogen-bond acceptors (Lipinski definition) is 1. The van der Waals surface area contributed by atoms with Gasteiger partial charge in [-0.25, -0.2) is 9.37 Å². The predicted octanol–water partition coefficient (Wildman–Crippen LogP) is 6.57. The number of halogens is 2. The van der Waals surface area contributed by atoms with Crippen molar-refractivity contribution in [2.45, 2.75) is 25.1 Å². The van der Waals surface area contributed by atoms with Gasteiger partial charge in [0.25, 0.3) is 0 Å². The highest BCUT2D eigenvalue weighted by molar-refractivity contribution is 9.08. The van der Waals surface area contributed by atoms with E-state index in [0.29, 0.717) is 5.92 Å². The Kier molecular flexibility index (Phi) is 5.10. The number of aromatic nitrogens is 1. The first-order valence-electron chi connectivity index (χ1n) is 8.01. The molecule has 3 aromatic rings. The smallest absolute Gasteiger partial charge is 0.123 e. The number of rotatable bonds is 4. The molecule has 24 heavy (non-hydrogen) atoms. The summed E-state index contributed by atoms with van der Waals surface area (Å²) in [5.74, 6) is 0.143. The molecule has 0 aliphatic heterocycles. The largest absolute Gasteiger partial charge is 0.247 e. The fraction of sp³-hybridized carbons (Fsp3) is 0.190. The summed E-state index contributed by atoms with van der Waals surface area (Å²) in [5.41, 5.74) is 6.31. The minimum Gasteiger partial charge on any atom is -0.247 e. The van der Waals surface area contributed by atoms with Crippen molar-refractivity contribution < 1.29 is 4.39 Å². The Morgan fingerprint density at radius 1 is 0.958 bits per heavy atom. The lowest BCUT2D eigenvalue weighted by molar-refractivity contribution is 0.628. The van der Waals surface area contributed by atoms with Crippen LogP contribution >= 0.6 is 15.9 Å². The number of alkyl halides is 1. The summed E-state index contributed by atoms with van der Waals surface area (Å²) < 4.78 is 13.3. The number of pyridine rings is 1. The van der Waals surface area contributed by atoms with Gasteiger partial charge in [-0.3, -0.25) is 0 Å². The van der Waals surface area contributed by atoms with Gasteiger partial charge in [-0.05, 0) is 47.4 Å². The van der Waals surface area contributed by atoms with Gasteiger partial charge < -0.3 is 0 Å². The molecule has 0 unspecified atom stereocenters. The Labute approximate surface area is 150 Å². The molecule has 0 spiro atoms. The maximum atomic E-state index is 13.3. The molecule has 0 saturated heterocycles. The van der Waals surface area contributed by atoms with Crippen LogP contribution in [0.25, 0.3) is 22.5 Å². The van der Waals surface area contributed by atoms with E-state index >= 15 is 0 Å². The van der Waals surface area contributed by atoms with Crippen molar-refractivity contribution in [2.24, 2.45) is 0 Å². The summed E-state index contributed by atoms with van der Waals surface area (Å²) in [6.07, 6.45) is 0. The van der Waals surface area contributed by atoms with Gasteiger partial charge in [-0.2, -0.15) is 0 Å². The van der Waals surface area contributed by atoms with E-state index in [1.54, 1.807) is 12.1 Å². The van der Waals surface area contributed by atoms with Crippen molar-refractivity contribution in [2.75, 3.05) is 0 Å². The van der Waals surface area contributed by atoms with Crippen LogP contribution in [-0.4, -0.2) is 4.98 Å². The van der Waals surface area contributed by atoms with Crippen molar-refractivity contribution in [3.63, 3.8) is 0 Å². The number of hydrogen-bond donors (Lipinski definition) is 0. The van der Waals surface area contributed by atoms with Gasteiger partial charge in [0.15, 0.2) is 0 Å². The van der Waals surface area contributed by atoms with E-state index in [9.17, 15) is 4.39 Å². The van der Waals surface area contributed by atoms with E-state index < -0.39 is 0 Å². The zero-order valence-corrected chi connectivity index (χ0v) is 15.3. The monoisotopic (exact) mass is 383 g/mol. The third kappa shape index (κ3) is 3.41. The van der Waals surface area contributed by atoms with Gasteiger partial charge in [-0.15, -0.1) is 0 Å². The van der Waals surface area contributed by atoms with Crippen molar-refractivity contribution in [1.82, 2.24) is 4.98 Å². The minimum atomic E-state index is -0.234. The molecule has 0 radical (unpaired) electrons. The molecule has 0 amide bonds. The van der Waals surface area contributed by atoms with Crippen LogP contribution in [0.2, 0.25) is 0 Å². The van der Waals surface area contributed by atoms with Crippen LogP contribution in [0.3, 0.4) is 0 Å². The third-order valence-electron chi connectivity index (χ3n) is 4.10. The quantitative estimate of drug-likeness (QED) is 0.464. The molecule has 0 fully saturated rings. The van der Waals surface area contributed by atoms with Gasteiger partial charge >= 0.3 is 0 Å². The highest BCUT2D eigenvalue weighted by atomic mass is 79.9. The number of benzene rings is 2. The summed E-state index contributed by atoms with van der Waals surface area (Å²) in [4.78, 5) is 4.90. The first-order chi connectivity index (χ1) is 11.6. The maximum Gasteiger partial charge on any atom is 0.123 e. The molecule has 1 heterocycles. The number of nitrogens with zero attached hydrogens (tertiary/aromatic N) is 1. The maximum absolute atomic E-state index is 13.3. The summed E-state index contributed by atoms with van der Waals surface area (Å²) in [6, 6.07) is 18.9. The normalized spacial score (nSPS) is 11.0. The van der Waals surface area contributed by atoms with Crippen LogP contribution in [0.5, 0.6) is 0 Å². The van der Waals surface area contributed by atoms with Crippen molar-refractivity contribution in [3.05, 3.63) is 77.6 Å². The predicted molar refractivity (Wildman–Crippen MR) is 102 cm³/mol. The summed E-state index contributed by atoms with van der Waals surface area (Å²) in [6.45, 7) is 4.37. The fourth-order valence-corrected chi connectivity index (χ4v) is 3.44. The van der Waals surface area contributed by atoms with Gasteiger partial charge in [0.2, 0.25) is 0 Å². The van der Waals surface area contributed by atoms with Crippen LogP contribution in [0, 0.1) is 5.82 Å². The van der Waals surface area contributed by atoms with Crippen molar-refractivity contribution >= 4 is 15.9 Å². The zero-order chi connectivity index (χ0) is 17.1. The summed E-state index contributed by atoms with van der Waals surface area (Å²) in [7, 11) is 0. The van der Waals surface area contributed by atoms with Gasteiger partial charge in [0.05, 0.1) is 11.4 Å². The van der Waals surface area contributed by atoms with E-state index in [1.807, 2.05) is 18.2 Å². The molecule has 0 atom stereocenters. The molecule has 122 valence electrons. The van der Waals surface area contributed by atoms with Gasteiger partial charge in [0, 0.05) is 16.5 Å². The van der Waals surface area contributed by atoms with Crippen LogP contribution in [0.1, 0.15) is 30.9 Å². The highest BCUT2D eigenvalue weighted by Gasteiger charge is 2.16. The first kappa shape index (κ1) is 16.8. The molecular weight excluding hydrogens is 365 g/mol. The molecule has 0 bridgehead atoms. The van der Waals surface area contributed by atoms with Crippen LogP contribution < -0.4 is 0 Å². The molecule has 0 saturated carbocycles. The van der Waals surface area contributed by atoms with E-state index in [-0.39, 0.29) is 5.82 Å². The van der Waals surface area contributed by atoms with E-state index in [2.05, 4.69) is 48.0 Å². The average Bonchev–Trinajstić information content (AvgIpc) is 2.62. The third-order valence-corrected chi connectivity index (χ3v) is 4.66. The molecule has 1 nitrogen and oxygen atoms in total. The fourth-order valence-electron chi connectivity index (χ4n) is 2.85. The highest BCUT2D eigenvalue weighted by Crippen LogP contribution is 2.34. The second-order valence-corrected chi connectivity index (χ2v) is 6.65. The topological polar surface area (TPSA) is 12.9 Å². The second-order valence-electron chi connectivity index (χ2n) is 6.09. The Balaban J connectivity index is 2.25. The van der Waals surface area contributed by atoms with Crippen LogP contribution in [0.4, 0.5) is 4.39 Å². The average molecular weight is 384 g/mol. The van der Waals surface area contributed by atoms with Crippen LogP contribution in [-0.2, 0) is 5.33 Å². The molecule has 0 aliphatic rings. The second kappa shape index (κ2) is 7.27. The van der Waals surface area contributed by atoms with E-state index in [0.717, 1.165) is 33.4 Å². The molecule has 2 aromatic carbocycles.